The van der Waals surface area contributed by atoms with E-state index in [1.54, 1.807) is 11.7 Å². The van der Waals surface area contributed by atoms with Crippen molar-refractivity contribution in [3.63, 3.8) is 0 Å². The van der Waals surface area contributed by atoms with Gasteiger partial charge in [0.2, 0.25) is 0 Å². The molecule has 1 aromatic heterocycles. The molecule has 3 heteroatoms. The Morgan fingerprint density at radius 3 is 3.00 bits per heavy atom. The molecule has 0 radical (unpaired) electrons. The molecule has 1 fully saturated rings. The molecule has 0 aliphatic heterocycles. The van der Waals surface area contributed by atoms with E-state index >= 15 is 0 Å². The highest BCUT2D eigenvalue weighted by atomic mass is 32.1. The van der Waals surface area contributed by atoms with Crippen LogP contribution < -0.4 is 0 Å². The van der Waals surface area contributed by atoms with Crippen LogP contribution in [0.1, 0.15) is 22.5 Å². The van der Waals surface area contributed by atoms with Crippen LogP contribution in [0.4, 0.5) is 0 Å². The zero-order chi connectivity index (χ0) is 6.97. The molecule has 0 aromatic carbocycles. The molecule has 0 atom stereocenters. The number of thiazole rings is 1. The van der Waals surface area contributed by atoms with Gasteiger partial charge in [0.15, 0.2) is 5.78 Å². The molecule has 2 nitrogen and oxygen atoms in total. The average Bonchev–Trinajstić information content (AvgIpc) is 2.65. The number of nitrogens with zero attached hydrogens (tertiary/aromatic N) is 1. The molecular weight excluding hydrogens is 146 g/mol. The van der Waals surface area contributed by atoms with Crippen molar-refractivity contribution in [2.24, 2.45) is 5.92 Å². The lowest BCUT2D eigenvalue weighted by atomic mass is 10.2. The Bertz CT molecular complexity index is 238. The summed E-state index contributed by atoms with van der Waals surface area (Å²) in [6, 6.07) is 0. The van der Waals surface area contributed by atoms with E-state index in [1.165, 1.54) is 11.3 Å². The van der Waals surface area contributed by atoms with Crippen LogP contribution >= 0.6 is 11.3 Å². The van der Waals surface area contributed by atoms with Crippen molar-refractivity contribution < 1.29 is 4.79 Å². The minimum absolute atomic E-state index is 0.294. The zero-order valence-electron chi connectivity index (χ0n) is 5.41. The second kappa shape index (κ2) is 2.16. The van der Waals surface area contributed by atoms with Gasteiger partial charge in [-0.2, -0.15) is 0 Å². The Labute approximate surface area is 62.9 Å². The lowest BCUT2D eigenvalue weighted by Crippen LogP contribution is -1.96. The van der Waals surface area contributed by atoms with E-state index in [0.717, 1.165) is 17.7 Å². The monoisotopic (exact) mass is 153 g/mol. The number of carbonyl (C=O) groups is 1. The van der Waals surface area contributed by atoms with E-state index in [1.807, 2.05) is 0 Å². The molecule has 52 valence electrons. The molecule has 0 N–H and O–H groups in total. The van der Waals surface area contributed by atoms with Gasteiger partial charge in [-0.1, -0.05) is 0 Å². The lowest BCUT2D eigenvalue weighted by Gasteiger charge is -1.87. The smallest absolute Gasteiger partial charge is 0.177 e. The molecule has 0 amide bonds. The third-order valence-electron chi connectivity index (χ3n) is 1.62. The first-order chi connectivity index (χ1) is 4.88. The number of ketones is 1. The van der Waals surface area contributed by atoms with Crippen LogP contribution in [0.25, 0.3) is 0 Å². The molecule has 1 aliphatic rings. The van der Waals surface area contributed by atoms with Gasteiger partial charge in [-0.3, -0.25) is 9.78 Å². The Morgan fingerprint density at radius 1 is 1.70 bits per heavy atom. The summed E-state index contributed by atoms with van der Waals surface area (Å²) in [6.07, 6.45) is 3.82. The summed E-state index contributed by atoms with van der Waals surface area (Å²) < 4.78 is 0. The predicted octanol–water partition coefficient (Wildman–Crippen LogP) is 1.74. The van der Waals surface area contributed by atoms with Crippen LogP contribution in [-0.4, -0.2) is 10.8 Å². The van der Waals surface area contributed by atoms with Gasteiger partial charge in [-0.15, -0.1) is 11.3 Å². The number of hydrogen-bond acceptors (Lipinski definition) is 3. The molecule has 10 heavy (non-hydrogen) atoms. The van der Waals surface area contributed by atoms with Gasteiger partial charge < -0.3 is 0 Å². The Kier molecular flexibility index (Phi) is 1.31. The van der Waals surface area contributed by atoms with Crippen LogP contribution in [0.2, 0.25) is 0 Å². The SMILES string of the molecule is O=C(c1cncs1)C1CC1. The van der Waals surface area contributed by atoms with Crippen LogP contribution in [-0.2, 0) is 0 Å². The highest BCUT2D eigenvalue weighted by molar-refractivity contribution is 7.11. The van der Waals surface area contributed by atoms with Crippen molar-refractivity contribution in [1.82, 2.24) is 4.98 Å². The summed E-state index contributed by atoms with van der Waals surface area (Å²) >= 11 is 1.44. The maximum absolute atomic E-state index is 11.2. The van der Waals surface area contributed by atoms with Crippen LogP contribution in [0.15, 0.2) is 11.7 Å². The number of hydrogen-bond donors (Lipinski definition) is 0. The molecular formula is C7H7NOS. The summed E-state index contributed by atoms with van der Waals surface area (Å²) in [5, 5.41) is 0. The van der Waals surface area contributed by atoms with E-state index in [2.05, 4.69) is 4.98 Å². The van der Waals surface area contributed by atoms with Gasteiger partial charge >= 0.3 is 0 Å². The van der Waals surface area contributed by atoms with Crippen LogP contribution in [0.3, 0.4) is 0 Å². The minimum Gasteiger partial charge on any atom is -0.293 e. The number of carbonyl (C=O) groups excluding carboxylic acids is 1. The number of rotatable bonds is 2. The first kappa shape index (κ1) is 6.04. The summed E-state index contributed by atoms with van der Waals surface area (Å²) in [7, 11) is 0. The quantitative estimate of drug-likeness (QED) is 0.606. The number of aromatic nitrogens is 1. The van der Waals surface area contributed by atoms with Crippen molar-refractivity contribution in [3.8, 4) is 0 Å². The fourth-order valence-corrected chi connectivity index (χ4v) is 1.52. The highest BCUT2D eigenvalue weighted by Gasteiger charge is 2.30. The maximum Gasteiger partial charge on any atom is 0.177 e. The van der Waals surface area contributed by atoms with E-state index in [0.29, 0.717) is 11.7 Å². The molecule has 0 unspecified atom stereocenters. The highest BCUT2D eigenvalue weighted by Crippen LogP contribution is 2.33. The van der Waals surface area contributed by atoms with Gasteiger partial charge in [0.25, 0.3) is 0 Å². The summed E-state index contributed by atoms with van der Waals surface area (Å²) in [5.74, 6) is 0.628. The maximum atomic E-state index is 11.2. The summed E-state index contributed by atoms with van der Waals surface area (Å²) in [5.41, 5.74) is 1.70. The van der Waals surface area contributed by atoms with Gasteiger partial charge in [0, 0.05) is 12.1 Å². The fraction of sp³-hybridized carbons (Fsp3) is 0.429. The van der Waals surface area contributed by atoms with Gasteiger partial charge in [0.1, 0.15) is 0 Å². The van der Waals surface area contributed by atoms with E-state index < -0.39 is 0 Å². The Hall–Kier alpha value is -0.700. The third kappa shape index (κ3) is 0.968. The molecule has 1 aliphatic carbocycles. The first-order valence-corrected chi connectivity index (χ1v) is 4.18. The second-order valence-electron chi connectivity index (χ2n) is 2.50. The van der Waals surface area contributed by atoms with E-state index in [-0.39, 0.29) is 0 Å². The van der Waals surface area contributed by atoms with E-state index in [9.17, 15) is 4.79 Å². The summed E-state index contributed by atoms with van der Waals surface area (Å²) in [4.78, 5) is 15.9. The van der Waals surface area contributed by atoms with Crippen molar-refractivity contribution in [2.45, 2.75) is 12.8 Å². The van der Waals surface area contributed by atoms with Gasteiger partial charge in [-0.25, -0.2) is 0 Å². The molecule has 0 bridgehead atoms. The van der Waals surface area contributed by atoms with Crippen LogP contribution in [0, 0.1) is 5.92 Å². The third-order valence-corrected chi connectivity index (χ3v) is 2.41. The molecule has 1 aromatic rings. The predicted molar refractivity (Wildman–Crippen MR) is 39.2 cm³/mol. The van der Waals surface area contributed by atoms with Gasteiger partial charge in [-0.05, 0) is 12.8 Å². The molecule has 2 rings (SSSR count). The topological polar surface area (TPSA) is 30.0 Å². The molecule has 1 saturated carbocycles. The van der Waals surface area contributed by atoms with Crippen molar-refractivity contribution >= 4 is 17.1 Å². The van der Waals surface area contributed by atoms with Crippen molar-refractivity contribution in [2.75, 3.05) is 0 Å². The summed E-state index contributed by atoms with van der Waals surface area (Å²) in [6.45, 7) is 0. The average molecular weight is 153 g/mol. The Morgan fingerprint density at radius 2 is 2.50 bits per heavy atom. The lowest BCUT2D eigenvalue weighted by molar-refractivity contribution is 0.0971. The first-order valence-electron chi connectivity index (χ1n) is 3.30. The molecule has 0 spiro atoms. The largest absolute Gasteiger partial charge is 0.293 e. The number of Topliss-reactive ketones (excluding diaryl/α,β-unsaturated/α-hetero) is 1. The normalized spacial score (nSPS) is 17.2. The standard InChI is InChI=1S/C7H7NOS/c9-7(5-1-2-5)6-3-8-4-10-6/h3-5H,1-2H2. The Balaban J connectivity index is 2.19. The zero-order valence-corrected chi connectivity index (χ0v) is 6.23. The second-order valence-corrected chi connectivity index (χ2v) is 3.39. The minimum atomic E-state index is 0.294. The van der Waals surface area contributed by atoms with E-state index in [4.69, 9.17) is 0 Å². The van der Waals surface area contributed by atoms with Crippen molar-refractivity contribution in [3.05, 3.63) is 16.6 Å². The molecule has 1 heterocycles. The fourth-order valence-electron chi connectivity index (χ4n) is 0.884. The van der Waals surface area contributed by atoms with Crippen molar-refractivity contribution in [1.29, 1.82) is 0 Å². The molecule has 0 saturated heterocycles. The van der Waals surface area contributed by atoms with Crippen LogP contribution in [0.5, 0.6) is 0 Å². The van der Waals surface area contributed by atoms with Gasteiger partial charge in [0.05, 0.1) is 10.4 Å².